The number of aromatic amines is 3. The van der Waals surface area contributed by atoms with Crippen LogP contribution in [0.3, 0.4) is 0 Å². The third kappa shape index (κ3) is 4.34. The van der Waals surface area contributed by atoms with E-state index in [0.29, 0.717) is 0 Å². The first-order valence-electron chi connectivity index (χ1n) is 7.14. The first kappa shape index (κ1) is 17.4. The van der Waals surface area contributed by atoms with Crippen LogP contribution in [0.1, 0.15) is 0 Å². The number of H-pyrrole nitrogens is 3. The predicted molar refractivity (Wildman–Crippen MR) is 81.5 cm³/mol. The average Bonchev–Trinajstić information content (AvgIpc) is 2.93. The van der Waals surface area contributed by atoms with Crippen molar-refractivity contribution in [2.24, 2.45) is 0 Å². The average molecular weight is 372 g/mol. The maximum atomic E-state index is 12.2. The van der Waals surface area contributed by atoms with E-state index in [4.69, 9.17) is 9.47 Å². The molecule has 0 amide bonds. The lowest BCUT2D eigenvalue weighted by Gasteiger charge is -2.11. The van der Waals surface area contributed by atoms with Crippen LogP contribution in [0.5, 0.6) is 17.5 Å². The highest BCUT2D eigenvalue weighted by Gasteiger charge is 2.31. The molecule has 0 aliphatic carbocycles. The molecule has 0 unspecified atom stereocenters. The largest absolute Gasteiger partial charge is 0.573 e. The lowest BCUT2D eigenvalue weighted by atomic mass is 10.3. The Morgan fingerprint density at radius 2 is 1.73 bits per heavy atom. The van der Waals surface area contributed by atoms with E-state index >= 15 is 0 Å². The summed E-state index contributed by atoms with van der Waals surface area (Å²) in [5.74, 6) is -0.253. The number of aromatic nitrogens is 4. The summed E-state index contributed by atoms with van der Waals surface area (Å²) in [6.45, 7) is -0.0360. The van der Waals surface area contributed by atoms with Crippen LogP contribution in [-0.4, -0.2) is 39.5 Å². The normalized spacial score (nSPS) is 11.5. The Morgan fingerprint density at radius 3 is 2.50 bits per heavy atom. The smallest absolute Gasteiger partial charge is 0.490 e. The molecule has 0 radical (unpaired) electrons. The van der Waals surface area contributed by atoms with E-state index in [2.05, 4.69) is 19.7 Å². The molecular weight excluding hydrogens is 361 g/mol. The van der Waals surface area contributed by atoms with Gasteiger partial charge < -0.3 is 19.2 Å². The van der Waals surface area contributed by atoms with E-state index in [1.165, 1.54) is 12.1 Å². The first-order chi connectivity index (χ1) is 12.3. The number of nitrogens with one attached hydrogen (secondary N) is 3. The van der Waals surface area contributed by atoms with Crippen molar-refractivity contribution < 1.29 is 27.4 Å². The van der Waals surface area contributed by atoms with Gasteiger partial charge >= 0.3 is 12.1 Å². The number of rotatable bonds is 6. The summed E-state index contributed by atoms with van der Waals surface area (Å²) in [4.78, 5) is 33.5. The third-order valence-electron chi connectivity index (χ3n) is 3.00. The van der Waals surface area contributed by atoms with Crippen molar-refractivity contribution in [3.05, 3.63) is 45.1 Å². The van der Waals surface area contributed by atoms with E-state index in [0.717, 1.165) is 12.1 Å². The molecule has 2 aromatic heterocycles. The minimum absolute atomic E-state index is 0.0145. The van der Waals surface area contributed by atoms with Crippen molar-refractivity contribution in [1.29, 1.82) is 0 Å². The van der Waals surface area contributed by atoms with Gasteiger partial charge in [0.2, 0.25) is 0 Å². The summed E-state index contributed by atoms with van der Waals surface area (Å²) in [5.41, 5.74) is -1.28. The maximum Gasteiger partial charge on any atom is 0.573 e. The molecule has 0 fully saturated rings. The molecule has 0 aliphatic heterocycles. The molecule has 0 atom stereocenters. The van der Waals surface area contributed by atoms with Crippen LogP contribution >= 0.6 is 0 Å². The molecule has 0 saturated carbocycles. The Bertz CT molecular complexity index is 1020. The summed E-state index contributed by atoms with van der Waals surface area (Å²) >= 11 is 0. The van der Waals surface area contributed by atoms with Gasteiger partial charge in [0.1, 0.15) is 24.7 Å². The van der Waals surface area contributed by atoms with Gasteiger partial charge in [-0.2, -0.15) is 4.98 Å². The van der Waals surface area contributed by atoms with Gasteiger partial charge in [-0.3, -0.25) is 14.8 Å². The zero-order chi connectivity index (χ0) is 18.7. The van der Waals surface area contributed by atoms with E-state index < -0.39 is 23.4 Å². The van der Waals surface area contributed by atoms with Crippen molar-refractivity contribution in [3.63, 3.8) is 0 Å². The summed E-state index contributed by atoms with van der Waals surface area (Å²) in [6, 6.07) is 5.00. The number of ether oxygens (including phenoxy) is 3. The van der Waals surface area contributed by atoms with Crippen LogP contribution < -0.4 is 25.5 Å². The number of alkyl halides is 3. The van der Waals surface area contributed by atoms with Gasteiger partial charge in [-0.1, -0.05) is 6.07 Å². The number of hydrogen-bond donors (Lipinski definition) is 3. The topological polar surface area (TPSA) is 122 Å². The number of halogens is 3. The van der Waals surface area contributed by atoms with Crippen LogP contribution in [0.2, 0.25) is 0 Å². The molecule has 138 valence electrons. The van der Waals surface area contributed by atoms with Gasteiger partial charge in [-0.25, -0.2) is 4.79 Å². The summed E-state index contributed by atoms with van der Waals surface area (Å²) in [7, 11) is 0. The number of imidazole rings is 1. The highest BCUT2D eigenvalue weighted by Crippen LogP contribution is 2.25. The molecule has 12 heteroatoms. The second kappa shape index (κ2) is 6.82. The fourth-order valence-electron chi connectivity index (χ4n) is 2.04. The second-order valence-electron chi connectivity index (χ2n) is 4.89. The molecule has 3 rings (SSSR count). The number of benzene rings is 1. The minimum atomic E-state index is -4.79. The molecule has 26 heavy (non-hydrogen) atoms. The van der Waals surface area contributed by atoms with Crippen LogP contribution in [0, 0.1) is 0 Å². The zero-order valence-electron chi connectivity index (χ0n) is 12.8. The molecule has 0 aliphatic rings. The predicted octanol–water partition coefficient (Wildman–Crippen LogP) is 1.30. The van der Waals surface area contributed by atoms with Crippen LogP contribution in [0.15, 0.2) is 33.9 Å². The zero-order valence-corrected chi connectivity index (χ0v) is 12.8. The maximum absolute atomic E-state index is 12.2. The van der Waals surface area contributed by atoms with Gasteiger partial charge in [0, 0.05) is 6.07 Å². The summed E-state index contributed by atoms with van der Waals surface area (Å²) in [5, 5.41) is 0. The van der Waals surface area contributed by atoms with Crippen molar-refractivity contribution in [2.45, 2.75) is 6.36 Å². The van der Waals surface area contributed by atoms with Gasteiger partial charge in [-0.15, -0.1) is 13.2 Å². The Kier molecular flexibility index (Phi) is 4.56. The van der Waals surface area contributed by atoms with Crippen LogP contribution in [0.25, 0.3) is 11.2 Å². The molecule has 3 N–H and O–H groups in total. The van der Waals surface area contributed by atoms with Gasteiger partial charge in [0.25, 0.3) is 11.6 Å². The summed E-state index contributed by atoms with van der Waals surface area (Å²) < 4.78 is 50.8. The SMILES string of the molecule is O=c1[nH]c(=O)c2[nH]c(OCCOc3cccc(OC(F)(F)F)c3)nc2[nH]1. The molecule has 1 aromatic carbocycles. The summed E-state index contributed by atoms with van der Waals surface area (Å²) in [6.07, 6.45) is -4.79. The van der Waals surface area contributed by atoms with E-state index in [1.54, 1.807) is 0 Å². The Balaban J connectivity index is 1.56. The number of nitrogens with zero attached hydrogens (tertiary/aromatic N) is 1. The monoisotopic (exact) mass is 372 g/mol. The number of hydrogen-bond acceptors (Lipinski definition) is 6. The van der Waals surface area contributed by atoms with E-state index in [-0.39, 0.29) is 36.1 Å². The first-order valence-corrected chi connectivity index (χ1v) is 7.14. The number of fused-ring (bicyclic) bond motifs is 1. The minimum Gasteiger partial charge on any atom is -0.490 e. The Morgan fingerprint density at radius 1 is 1.00 bits per heavy atom. The van der Waals surface area contributed by atoms with E-state index in [1.807, 2.05) is 4.98 Å². The van der Waals surface area contributed by atoms with Gasteiger partial charge in [0.05, 0.1) is 0 Å². The van der Waals surface area contributed by atoms with Gasteiger partial charge in [0.15, 0.2) is 11.2 Å². The standard InChI is InChI=1S/C14H11F3N4O5/c15-14(16,17)26-8-3-1-2-7(6-8)24-4-5-25-13-18-9-10(20-13)19-12(23)21-11(9)22/h1-3,6H,4-5H2,(H3,18,19,20,21,22,23). The van der Waals surface area contributed by atoms with E-state index in [9.17, 15) is 22.8 Å². The van der Waals surface area contributed by atoms with Crippen molar-refractivity contribution in [3.8, 4) is 17.5 Å². The Labute approximate surface area is 141 Å². The molecule has 0 spiro atoms. The fraction of sp³-hybridized carbons (Fsp3) is 0.214. The van der Waals surface area contributed by atoms with Crippen LogP contribution in [-0.2, 0) is 0 Å². The second-order valence-corrected chi connectivity index (χ2v) is 4.89. The highest BCUT2D eigenvalue weighted by molar-refractivity contribution is 5.69. The van der Waals surface area contributed by atoms with Crippen molar-refractivity contribution in [1.82, 2.24) is 19.9 Å². The van der Waals surface area contributed by atoms with Crippen molar-refractivity contribution >= 4 is 11.2 Å². The molecule has 0 saturated heterocycles. The lowest BCUT2D eigenvalue weighted by molar-refractivity contribution is -0.274. The van der Waals surface area contributed by atoms with Crippen LogP contribution in [0.4, 0.5) is 13.2 Å². The fourth-order valence-corrected chi connectivity index (χ4v) is 2.04. The highest BCUT2D eigenvalue weighted by atomic mass is 19.4. The molecule has 9 nitrogen and oxygen atoms in total. The Hall–Kier alpha value is -3.44. The third-order valence-corrected chi connectivity index (χ3v) is 3.00. The molecule has 2 heterocycles. The molecule has 0 bridgehead atoms. The van der Waals surface area contributed by atoms with Crippen molar-refractivity contribution in [2.75, 3.05) is 13.2 Å². The quantitative estimate of drug-likeness (QED) is 0.561. The molecular formula is C14H11F3N4O5. The lowest BCUT2D eigenvalue weighted by Crippen LogP contribution is -2.21. The molecule has 3 aromatic rings. The van der Waals surface area contributed by atoms with Gasteiger partial charge in [-0.05, 0) is 12.1 Å².